The Bertz CT molecular complexity index is 557. The first-order valence-corrected chi connectivity index (χ1v) is 10.0. The monoisotopic (exact) mass is 380 g/mol. The minimum atomic E-state index is -3.42. The van der Waals surface area contributed by atoms with Crippen LogP contribution in [0, 0.1) is 5.92 Å². The summed E-state index contributed by atoms with van der Waals surface area (Å²) in [7, 11) is -3.42. The molecule has 20 heavy (non-hydrogen) atoms. The zero-order chi connectivity index (χ0) is 14.8. The Morgan fingerprint density at radius 1 is 1.45 bits per heavy atom. The van der Waals surface area contributed by atoms with Crippen molar-refractivity contribution in [2.75, 3.05) is 6.54 Å². The maximum Gasteiger partial charge on any atom is 0.242 e. The molecule has 0 bridgehead atoms. The molecule has 1 aromatic heterocycles. The molecule has 4 nitrogen and oxygen atoms in total. The summed E-state index contributed by atoms with van der Waals surface area (Å²) in [5.41, 5.74) is 0. The van der Waals surface area contributed by atoms with E-state index in [4.69, 9.17) is 0 Å². The molecular formula is C13H21BrN2O2S2. The fourth-order valence-corrected chi connectivity index (χ4v) is 6.45. The summed E-state index contributed by atoms with van der Waals surface area (Å²) in [4.78, 5) is 1.40. The number of rotatable bonds is 6. The Morgan fingerprint density at radius 3 is 2.80 bits per heavy atom. The third kappa shape index (κ3) is 4.04. The summed E-state index contributed by atoms with van der Waals surface area (Å²) in [5.74, 6) is 0.609. The number of nitrogens with one attached hydrogen (secondary N) is 2. The zero-order valence-corrected chi connectivity index (χ0v) is 15.0. The molecule has 0 amide bonds. The normalized spacial score (nSPS) is 23.4. The van der Waals surface area contributed by atoms with Crippen molar-refractivity contribution in [1.82, 2.24) is 10.0 Å². The SMILES string of the molecule is CCNCc1cc(S(=O)(=O)NC2CCC(C)C2)c(Br)s1. The topological polar surface area (TPSA) is 58.2 Å². The van der Waals surface area contributed by atoms with E-state index in [0.717, 1.165) is 30.7 Å². The van der Waals surface area contributed by atoms with Crippen molar-refractivity contribution >= 4 is 37.3 Å². The molecule has 1 saturated carbocycles. The van der Waals surface area contributed by atoms with Gasteiger partial charge in [-0.15, -0.1) is 11.3 Å². The summed E-state index contributed by atoms with van der Waals surface area (Å²) in [6.07, 6.45) is 2.97. The molecule has 0 spiro atoms. The number of hydrogen-bond acceptors (Lipinski definition) is 4. The fraction of sp³-hybridized carbons (Fsp3) is 0.692. The van der Waals surface area contributed by atoms with Crippen LogP contribution >= 0.6 is 27.3 Å². The lowest BCUT2D eigenvalue weighted by Crippen LogP contribution is -2.32. The minimum absolute atomic E-state index is 0.0824. The molecule has 2 atom stereocenters. The maximum absolute atomic E-state index is 12.4. The zero-order valence-electron chi connectivity index (χ0n) is 11.8. The number of hydrogen-bond donors (Lipinski definition) is 2. The van der Waals surface area contributed by atoms with Gasteiger partial charge in [0.25, 0.3) is 0 Å². The fourth-order valence-electron chi connectivity index (χ4n) is 2.51. The summed E-state index contributed by atoms with van der Waals surface area (Å²) < 4.78 is 28.4. The van der Waals surface area contributed by atoms with Gasteiger partial charge in [-0.25, -0.2) is 13.1 Å². The van der Waals surface area contributed by atoms with E-state index >= 15 is 0 Å². The molecule has 114 valence electrons. The summed E-state index contributed by atoms with van der Waals surface area (Å²) in [6.45, 7) is 5.78. The second-order valence-corrected chi connectivity index (χ2v) is 9.50. The van der Waals surface area contributed by atoms with E-state index in [1.54, 1.807) is 6.07 Å². The summed E-state index contributed by atoms with van der Waals surface area (Å²) >= 11 is 4.85. The van der Waals surface area contributed by atoms with Crippen LogP contribution in [-0.2, 0) is 16.6 Å². The Hall–Kier alpha value is 0.0500. The van der Waals surface area contributed by atoms with E-state index in [-0.39, 0.29) is 6.04 Å². The van der Waals surface area contributed by atoms with Crippen LogP contribution in [0.2, 0.25) is 0 Å². The Balaban J connectivity index is 2.10. The molecule has 7 heteroatoms. The standard InChI is InChI=1S/C13H21BrN2O2S2/c1-3-15-8-11-7-12(13(14)19-11)20(17,18)16-10-5-4-9(2)6-10/h7,9-10,15-16H,3-6,8H2,1-2H3. The minimum Gasteiger partial charge on any atom is -0.312 e. The molecule has 1 heterocycles. The summed E-state index contributed by atoms with van der Waals surface area (Å²) in [6, 6.07) is 1.84. The lowest BCUT2D eigenvalue weighted by atomic mass is 10.1. The molecule has 2 N–H and O–H groups in total. The molecule has 1 aliphatic rings. The van der Waals surface area contributed by atoms with Crippen molar-refractivity contribution in [2.45, 2.75) is 50.6 Å². The van der Waals surface area contributed by atoms with Crippen LogP contribution in [0.4, 0.5) is 0 Å². The smallest absolute Gasteiger partial charge is 0.242 e. The van der Waals surface area contributed by atoms with Crippen LogP contribution in [0.3, 0.4) is 0 Å². The highest BCUT2D eigenvalue weighted by atomic mass is 79.9. The number of halogens is 1. The van der Waals surface area contributed by atoms with Gasteiger partial charge in [0.15, 0.2) is 0 Å². The van der Waals surface area contributed by atoms with Gasteiger partial charge in [-0.2, -0.15) is 0 Å². The molecule has 1 fully saturated rings. The van der Waals surface area contributed by atoms with Crippen molar-refractivity contribution in [3.63, 3.8) is 0 Å². The molecule has 1 aromatic rings. The van der Waals surface area contributed by atoms with Crippen molar-refractivity contribution in [3.8, 4) is 0 Å². The van der Waals surface area contributed by atoms with Gasteiger partial charge in [-0.05, 0) is 53.7 Å². The van der Waals surface area contributed by atoms with E-state index in [9.17, 15) is 8.42 Å². The van der Waals surface area contributed by atoms with E-state index < -0.39 is 10.0 Å². The van der Waals surface area contributed by atoms with Gasteiger partial charge >= 0.3 is 0 Å². The molecule has 2 unspecified atom stereocenters. The first kappa shape index (κ1) is 16.4. The maximum atomic E-state index is 12.4. The Morgan fingerprint density at radius 2 is 2.20 bits per heavy atom. The molecular weight excluding hydrogens is 360 g/mol. The van der Waals surface area contributed by atoms with Crippen molar-refractivity contribution in [1.29, 1.82) is 0 Å². The van der Waals surface area contributed by atoms with Gasteiger partial charge in [0, 0.05) is 17.5 Å². The third-order valence-electron chi connectivity index (χ3n) is 3.56. The average Bonchev–Trinajstić information content (AvgIpc) is 2.93. The largest absolute Gasteiger partial charge is 0.312 e. The predicted molar refractivity (Wildman–Crippen MR) is 86.5 cm³/mol. The van der Waals surface area contributed by atoms with Gasteiger partial charge in [0.05, 0.1) is 3.79 Å². The van der Waals surface area contributed by atoms with Crippen LogP contribution in [0.25, 0.3) is 0 Å². The van der Waals surface area contributed by atoms with E-state index in [2.05, 4.69) is 32.9 Å². The molecule has 0 radical (unpaired) electrons. The van der Waals surface area contributed by atoms with Crippen molar-refractivity contribution in [2.24, 2.45) is 5.92 Å². The highest BCUT2D eigenvalue weighted by Gasteiger charge is 2.28. The summed E-state index contributed by atoms with van der Waals surface area (Å²) in [5, 5.41) is 3.21. The van der Waals surface area contributed by atoms with Gasteiger partial charge in [-0.1, -0.05) is 13.8 Å². The van der Waals surface area contributed by atoms with Crippen molar-refractivity contribution in [3.05, 3.63) is 14.7 Å². The van der Waals surface area contributed by atoms with Crippen molar-refractivity contribution < 1.29 is 8.42 Å². The van der Waals surface area contributed by atoms with Crippen LogP contribution in [0.1, 0.15) is 38.0 Å². The average molecular weight is 381 g/mol. The second kappa shape index (κ2) is 6.87. The van der Waals surface area contributed by atoms with Crippen LogP contribution in [0.15, 0.2) is 14.7 Å². The Labute approximate surface area is 133 Å². The van der Waals surface area contributed by atoms with Gasteiger partial charge < -0.3 is 5.32 Å². The first-order chi connectivity index (χ1) is 9.42. The lowest BCUT2D eigenvalue weighted by Gasteiger charge is -2.12. The quantitative estimate of drug-likeness (QED) is 0.796. The number of thiophene rings is 1. The van der Waals surface area contributed by atoms with E-state index in [1.807, 2.05) is 6.92 Å². The van der Waals surface area contributed by atoms with Crippen LogP contribution in [0.5, 0.6) is 0 Å². The molecule has 0 aliphatic heterocycles. The molecule has 1 aliphatic carbocycles. The molecule has 0 aromatic carbocycles. The molecule has 2 rings (SSSR count). The van der Waals surface area contributed by atoms with Crippen LogP contribution in [-0.4, -0.2) is 21.0 Å². The van der Waals surface area contributed by atoms with Gasteiger partial charge in [0.1, 0.15) is 4.90 Å². The van der Waals surface area contributed by atoms with E-state index in [1.165, 1.54) is 11.3 Å². The highest BCUT2D eigenvalue weighted by Crippen LogP contribution is 2.33. The van der Waals surface area contributed by atoms with Crippen LogP contribution < -0.4 is 10.0 Å². The van der Waals surface area contributed by atoms with E-state index in [0.29, 0.717) is 21.1 Å². The lowest BCUT2D eigenvalue weighted by molar-refractivity contribution is 0.538. The number of sulfonamides is 1. The predicted octanol–water partition coefficient (Wildman–Crippen LogP) is 3.09. The second-order valence-electron chi connectivity index (χ2n) is 5.37. The highest BCUT2D eigenvalue weighted by molar-refractivity contribution is 9.11. The van der Waals surface area contributed by atoms with Gasteiger partial charge in [0.2, 0.25) is 10.0 Å². The first-order valence-electron chi connectivity index (χ1n) is 6.93. The third-order valence-corrected chi connectivity index (χ3v) is 7.33. The molecule has 0 saturated heterocycles. The Kier molecular flexibility index (Phi) is 5.64. The van der Waals surface area contributed by atoms with Gasteiger partial charge in [-0.3, -0.25) is 0 Å².